The molecule has 182 valence electrons. The van der Waals surface area contributed by atoms with E-state index >= 15 is 0 Å². The number of nitrogens with one attached hydrogen (secondary N) is 1. The standard InChI is InChI=1S/C21H25N5O8/c1-11(2)18-16(33-21(29)34-18)9-31-20(28)25-19-14-5-4-13(26(14)24-10-23-19)15-6-3-12(32-15)8-30-17(27)7-22/h4-5,10-12,15H,3,6-9,22H2,1-2H3,(H,23,24,25,28)/t12-,15+/m0/s1. The van der Waals surface area contributed by atoms with Crippen molar-refractivity contribution in [3.8, 4) is 0 Å². The van der Waals surface area contributed by atoms with E-state index in [1.54, 1.807) is 10.6 Å². The third-order valence-electron chi connectivity index (χ3n) is 5.27. The van der Waals surface area contributed by atoms with Crippen molar-refractivity contribution in [2.45, 2.75) is 51.4 Å². The summed E-state index contributed by atoms with van der Waals surface area (Å²) in [5.41, 5.74) is 6.55. The molecule has 13 nitrogen and oxygen atoms in total. The lowest BCUT2D eigenvalue weighted by atomic mass is 10.1. The zero-order chi connectivity index (χ0) is 24.2. The van der Waals surface area contributed by atoms with Gasteiger partial charge < -0.3 is 28.8 Å². The molecule has 1 saturated heterocycles. The van der Waals surface area contributed by atoms with Crippen LogP contribution in [0, 0.1) is 0 Å². The Morgan fingerprint density at radius 3 is 2.85 bits per heavy atom. The molecule has 0 bridgehead atoms. The molecule has 34 heavy (non-hydrogen) atoms. The minimum Gasteiger partial charge on any atom is -0.462 e. The van der Waals surface area contributed by atoms with E-state index in [2.05, 4.69) is 15.4 Å². The Morgan fingerprint density at radius 2 is 2.09 bits per heavy atom. The number of carbonyl (C=O) groups is 2. The number of hydrogen-bond acceptors (Lipinski definition) is 11. The summed E-state index contributed by atoms with van der Waals surface area (Å²) in [5, 5.41) is 6.83. The first-order chi connectivity index (χ1) is 16.4. The van der Waals surface area contributed by atoms with Gasteiger partial charge in [-0.15, -0.1) is 0 Å². The Bertz CT molecular complexity index is 1230. The summed E-state index contributed by atoms with van der Waals surface area (Å²) < 4.78 is 27.8. The van der Waals surface area contributed by atoms with Crippen LogP contribution in [-0.4, -0.2) is 45.9 Å². The first kappa shape index (κ1) is 23.4. The number of hydrogen-bond donors (Lipinski definition) is 2. The van der Waals surface area contributed by atoms with E-state index in [-0.39, 0.29) is 49.5 Å². The van der Waals surface area contributed by atoms with Crippen LogP contribution < -0.4 is 16.9 Å². The number of nitrogens with two attached hydrogens (primary N) is 1. The molecule has 2 atom stereocenters. The second-order valence-corrected chi connectivity index (χ2v) is 7.97. The Kier molecular flexibility index (Phi) is 6.93. The van der Waals surface area contributed by atoms with Gasteiger partial charge in [-0.1, -0.05) is 13.8 Å². The molecule has 0 radical (unpaired) electrons. The van der Waals surface area contributed by atoms with Crippen LogP contribution in [-0.2, 0) is 25.6 Å². The van der Waals surface area contributed by atoms with Gasteiger partial charge in [-0.25, -0.2) is 19.1 Å². The molecule has 0 unspecified atom stereocenters. The summed E-state index contributed by atoms with van der Waals surface area (Å²) in [6.45, 7) is 3.33. The zero-order valence-corrected chi connectivity index (χ0v) is 18.7. The predicted molar refractivity (Wildman–Crippen MR) is 115 cm³/mol. The van der Waals surface area contributed by atoms with Gasteiger partial charge in [-0.05, 0) is 25.0 Å². The van der Waals surface area contributed by atoms with Crippen molar-refractivity contribution in [2.24, 2.45) is 5.73 Å². The summed E-state index contributed by atoms with van der Waals surface area (Å²) in [6, 6.07) is 3.58. The fourth-order valence-electron chi connectivity index (χ4n) is 3.71. The van der Waals surface area contributed by atoms with Gasteiger partial charge in [0.15, 0.2) is 23.9 Å². The largest absolute Gasteiger partial charge is 0.519 e. The van der Waals surface area contributed by atoms with Crippen molar-refractivity contribution in [2.75, 3.05) is 18.5 Å². The Balaban J connectivity index is 1.41. The highest BCUT2D eigenvalue weighted by Gasteiger charge is 2.30. The van der Waals surface area contributed by atoms with Gasteiger partial charge in [0.1, 0.15) is 24.6 Å². The number of nitrogens with zero attached hydrogens (tertiary/aromatic N) is 3. The molecule has 0 aliphatic carbocycles. The van der Waals surface area contributed by atoms with Gasteiger partial charge in [-0.2, -0.15) is 5.10 Å². The van der Waals surface area contributed by atoms with E-state index < -0.39 is 17.9 Å². The number of anilines is 1. The topological polar surface area (TPSA) is 173 Å². The molecule has 1 fully saturated rings. The maximum absolute atomic E-state index is 12.3. The summed E-state index contributed by atoms with van der Waals surface area (Å²) in [4.78, 5) is 39.1. The van der Waals surface area contributed by atoms with E-state index in [1.807, 2.05) is 19.9 Å². The molecule has 0 saturated carbocycles. The molecular formula is C21H25N5O8. The minimum absolute atomic E-state index is 0.112. The number of carbonyl (C=O) groups excluding carboxylic acids is 2. The van der Waals surface area contributed by atoms with Crippen molar-refractivity contribution in [1.29, 1.82) is 0 Å². The molecule has 3 aromatic rings. The molecule has 4 heterocycles. The van der Waals surface area contributed by atoms with Crippen LogP contribution in [0.3, 0.4) is 0 Å². The molecule has 4 rings (SSSR count). The van der Waals surface area contributed by atoms with E-state index in [0.29, 0.717) is 24.1 Å². The Hall–Kier alpha value is -3.71. The van der Waals surface area contributed by atoms with E-state index in [0.717, 1.165) is 5.69 Å². The van der Waals surface area contributed by atoms with Gasteiger partial charge in [0.2, 0.25) is 0 Å². The highest BCUT2D eigenvalue weighted by molar-refractivity contribution is 5.88. The van der Waals surface area contributed by atoms with Crippen LogP contribution in [0.4, 0.5) is 10.6 Å². The monoisotopic (exact) mass is 475 g/mol. The highest BCUT2D eigenvalue weighted by atomic mass is 16.6. The average Bonchev–Trinajstić information content (AvgIpc) is 3.54. The molecule has 0 aromatic carbocycles. The van der Waals surface area contributed by atoms with Crippen LogP contribution >= 0.6 is 0 Å². The second kappa shape index (κ2) is 10.1. The van der Waals surface area contributed by atoms with Crippen LogP contribution in [0.5, 0.6) is 0 Å². The van der Waals surface area contributed by atoms with Crippen molar-refractivity contribution in [3.05, 3.63) is 46.3 Å². The zero-order valence-electron chi connectivity index (χ0n) is 18.7. The van der Waals surface area contributed by atoms with Crippen LogP contribution in [0.25, 0.3) is 5.52 Å². The molecule has 1 aliphatic heterocycles. The molecule has 1 aliphatic rings. The smallest absolute Gasteiger partial charge is 0.462 e. The lowest BCUT2D eigenvalue weighted by Crippen LogP contribution is -2.23. The predicted octanol–water partition coefficient (Wildman–Crippen LogP) is 1.87. The van der Waals surface area contributed by atoms with Crippen molar-refractivity contribution >= 4 is 23.4 Å². The maximum atomic E-state index is 12.3. The quantitative estimate of drug-likeness (QED) is 0.455. The minimum atomic E-state index is -0.852. The molecular weight excluding hydrogens is 450 g/mol. The van der Waals surface area contributed by atoms with Gasteiger partial charge in [-0.3, -0.25) is 10.1 Å². The Morgan fingerprint density at radius 1 is 1.26 bits per heavy atom. The molecule has 13 heteroatoms. The van der Waals surface area contributed by atoms with Crippen molar-refractivity contribution < 1.29 is 32.6 Å². The fourth-order valence-corrected chi connectivity index (χ4v) is 3.71. The van der Waals surface area contributed by atoms with Crippen molar-refractivity contribution in [3.63, 3.8) is 0 Å². The third kappa shape index (κ3) is 5.10. The average molecular weight is 475 g/mol. The van der Waals surface area contributed by atoms with Gasteiger partial charge in [0.25, 0.3) is 0 Å². The van der Waals surface area contributed by atoms with Crippen LogP contribution in [0.15, 0.2) is 32.1 Å². The summed E-state index contributed by atoms with van der Waals surface area (Å²) in [7, 11) is 0. The Labute approximate surface area is 193 Å². The van der Waals surface area contributed by atoms with Gasteiger partial charge >= 0.3 is 17.9 Å². The second-order valence-electron chi connectivity index (χ2n) is 7.97. The number of esters is 1. The number of amides is 1. The van der Waals surface area contributed by atoms with Gasteiger partial charge in [0.05, 0.1) is 18.3 Å². The van der Waals surface area contributed by atoms with Crippen LogP contribution in [0.1, 0.15) is 55.9 Å². The third-order valence-corrected chi connectivity index (χ3v) is 5.27. The normalized spacial score (nSPS) is 17.9. The number of ether oxygens (including phenoxy) is 3. The summed E-state index contributed by atoms with van der Waals surface area (Å²) in [5.74, 6) is -0.737. The molecule has 1 amide bonds. The molecule has 3 N–H and O–H groups in total. The van der Waals surface area contributed by atoms with E-state index in [1.165, 1.54) is 6.33 Å². The maximum Gasteiger partial charge on any atom is 0.519 e. The summed E-state index contributed by atoms with van der Waals surface area (Å²) in [6.07, 6.45) is 1.42. The van der Waals surface area contributed by atoms with Gasteiger partial charge in [0, 0.05) is 5.92 Å². The number of aromatic nitrogens is 3. The van der Waals surface area contributed by atoms with E-state index in [4.69, 9.17) is 28.8 Å². The first-order valence-corrected chi connectivity index (χ1v) is 10.8. The molecule has 0 spiro atoms. The van der Waals surface area contributed by atoms with E-state index in [9.17, 15) is 14.4 Å². The fraction of sp³-hybridized carbons (Fsp3) is 0.476. The summed E-state index contributed by atoms with van der Waals surface area (Å²) >= 11 is 0. The lowest BCUT2D eigenvalue weighted by molar-refractivity contribution is -0.145. The number of rotatable bonds is 8. The molecule has 3 aromatic heterocycles. The number of fused-ring (bicyclic) bond motifs is 1. The SMILES string of the molecule is CC(C)c1oc(=O)oc1COC(=O)Nc1ncnn2c([C@H]3CC[C@@H](COC(=O)CN)O3)ccc12. The first-order valence-electron chi connectivity index (χ1n) is 10.8. The van der Waals surface area contributed by atoms with Crippen LogP contribution in [0.2, 0.25) is 0 Å². The lowest BCUT2D eigenvalue weighted by Gasteiger charge is -2.14. The highest BCUT2D eigenvalue weighted by Crippen LogP contribution is 2.34. The van der Waals surface area contributed by atoms with Crippen molar-refractivity contribution in [1.82, 2.24) is 14.6 Å².